The van der Waals surface area contributed by atoms with E-state index in [0.29, 0.717) is 24.2 Å². The number of nitrogens with one attached hydrogen (secondary N) is 1. The van der Waals surface area contributed by atoms with E-state index in [1.54, 1.807) is 30.2 Å². The Kier molecular flexibility index (Phi) is 6.70. The maximum absolute atomic E-state index is 15.8. The Hall–Kier alpha value is -3.77. The van der Waals surface area contributed by atoms with E-state index in [2.05, 4.69) is 15.4 Å². The zero-order valence-electron chi connectivity index (χ0n) is 21.7. The molecular formula is C26H30F2N6O4. The molecule has 1 aromatic heterocycles. The number of hydrazine groups is 1. The summed E-state index contributed by atoms with van der Waals surface area (Å²) < 4.78 is 49.9. The summed E-state index contributed by atoms with van der Waals surface area (Å²) in [5.74, 6) is 3.76. The molecule has 2 aliphatic heterocycles. The minimum atomic E-state index is -0.909. The fourth-order valence-electron chi connectivity index (χ4n) is 4.55. The Morgan fingerprint density at radius 2 is 2.08 bits per heavy atom. The van der Waals surface area contributed by atoms with Crippen molar-refractivity contribution < 1.29 is 27.8 Å². The highest BCUT2D eigenvalue weighted by Crippen LogP contribution is 2.41. The molecule has 0 saturated carbocycles. The second-order valence-corrected chi connectivity index (χ2v) is 10.3. The van der Waals surface area contributed by atoms with E-state index >= 15 is 8.78 Å². The van der Waals surface area contributed by atoms with Crippen LogP contribution in [0, 0.1) is 18.6 Å². The molecule has 0 aliphatic carbocycles. The van der Waals surface area contributed by atoms with Gasteiger partial charge in [-0.3, -0.25) is 0 Å². The van der Waals surface area contributed by atoms with Crippen LogP contribution in [0.15, 0.2) is 29.3 Å². The fourth-order valence-corrected chi connectivity index (χ4v) is 4.55. The van der Waals surface area contributed by atoms with Gasteiger partial charge in [0.1, 0.15) is 29.5 Å². The number of benzene rings is 2. The van der Waals surface area contributed by atoms with Gasteiger partial charge >= 0.3 is 6.09 Å². The summed E-state index contributed by atoms with van der Waals surface area (Å²) in [5.41, 5.74) is 3.56. The first-order valence-electron chi connectivity index (χ1n) is 12.3. The number of aromatic nitrogens is 2. The standard InChI is InChI=1S/C26H30F2N6O4/c1-14-5-6-19-17(9-14)31-24(21-16(27)10-18-23(22(21)28)37-13-20(30-18)32-29)34(19)12-15-11-33(7-8-36-15)25(35)38-26(2,3)4/h5-6,9-10,15H,7-8,11-13,29H2,1-4H3,(H,30,32)/t15-/m1/s1. The largest absolute Gasteiger partial charge is 0.480 e. The van der Waals surface area contributed by atoms with Crippen LogP contribution in [0.5, 0.6) is 5.75 Å². The second-order valence-electron chi connectivity index (χ2n) is 10.3. The predicted molar refractivity (Wildman–Crippen MR) is 137 cm³/mol. The molecule has 5 rings (SSSR count). The van der Waals surface area contributed by atoms with Gasteiger partial charge in [-0.2, -0.15) is 0 Å². The summed E-state index contributed by atoms with van der Waals surface area (Å²) in [7, 11) is 0. The lowest BCUT2D eigenvalue weighted by atomic mass is 10.1. The van der Waals surface area contributed by atoms with Crippen molar-refractivity contribution in [1.82, 2.24) is 19.9 Å². The van der Waals surface area contributed by atoms with Gasteiger partial charge < -0.3 is 29.1 Å². The number of halogens is 2. The van der Waals surface area contributed by atoms with Crippen molar-refractivity contribution in [1.29, 1.82) is 0 Å². The maximum atomic E-state index is 15.8. The van der Waals surface area contributed by atoms with Crippen LogP contribution in [-0.2, 0) is 16.0 Å². The number of aryl methyl sites for hydroxylation is 1. The van der Waals surface area contributed by atoms with Crippen LogP contribution in [0.25, 0.3) is 22.4 Å². The number of aliphatic imine (C=N–C) groups is 1. The van der Waals surface area contributed by atoms with E-state index in [1.165, 1.54) is 0 Å². The Morgan fingerprint density at radius 3 is 2.82 bits per heavy atom. The number of fused-ring (bicyclic) bond motifs is 2. The number of imidazole rings is 1. The average Bonchev–Trinajstić information content (AvgIpc) is 3.19. The van der Waals surface area contributed by atoms with Gasteiger partial charge in [0.05, 0.1) is 42.4 Å². The number of ether oxygens (including phenoxy) is 3. The molecule has 1 atom stereocenters. The minimum absolute atomic E-state index is 0.00919. The fraction of sp³-hybridized carbons (Fsp3) is 0.423. The first-order valence-corrected chi connectivity index (χ1v) is 12.3. The van der Waals surface area contributed by atoms with Gasteiger partial charge in [-0.05, 0) is 45.4 Å². The monoisotopic (exact) mass is 528 g/mol. The number of carbonyl (C=O) groups is 1. The molecule has 0 unspecified atom stereocenters. The Bertz CT molecular complexity index is 1430. The number of amides is 1. The number of morpholine rings is 1. The van der Waals surface area contributed by atoms with E-state index in [1.807, 2.05) is 25.1 Å². The number of amidine groups is 1. The van der Waals surface area contributed by atoms with Gasteiger partial charge in [-0.25, -0.2) is 29.4 Å². The molecule has 1 amide bonds. The minimum Gasteiger partial charge on any atom is -0.480 e. The van der Waals surface area contributed by atoms with Crippen molar-refractivity contribution in [2.45, 2.75) is 45.9 Å². The van der Waals surface area contributed by atoms with E-state index in [4.69, 9.17) is 20.1 Å². The highest BCUT2D eigenvalue weighted by atomic mass is 19.1. The van der Waals surface area contributed by atoms with Gasteiger partial charge in [-0.1, -0.05) is 6.07 Å². The van der Waals surface area contributed by atoms with Crippen LogP contribution in [0.2, 0.25) is 0 Å². The molecule has 2 aliphatic rings. The number of nitrogens with zero attached hydrogens (tertiary/aromatic N) is 4. The number of hydrogen-bond acceptors (Lipinski definition) is 8. The lowest BCUT2D eigenvalue weighted by Gasteiger charge is -2.34. The van der Waals surface area contributed by atoms with Crippen molar-refractivity contribution in [2.75, 3.05) is 26.3 Å². The van der Waals surface area contributed by atoms with Crippen molar-refractivity contribution in [3.63, 3.8) is 0 Å². The summed E-state index contributed by atoms with van der Waals surface area (Å²) in [6.45, 7) is 8.37. The summed E-state index contributed by atoms with van der Waals surface area (Å²) in [6, 6.07) is 6.69. The molecule has 0 spiro atoms. The molecule has 0 bridgehead atoms. The SMILES string of the molecule is Cc1ccc2c(c1)nc(-c1c(F)cc3c(c1F)OCC(NN)=N3)n2C[C@H]1CN(C(=O)OC(C)(C)C)CCO1. The van der Waals surface area contributed by atoms with Crippen LogP contribution in [0.1, 0.15) is 26.3 Å². The highest BCUT2D eigenvalue weighted by Gasteiger charge is 2.32. The zero-order valence-corrected chi connectivity index (χ0v) is 21.7. The molecule has 10 nitrogen and oxygen atoms in total. The van der Waals surface area contributed by atoms with Crippen molar-refractivity contribution in [3.05, 3.63) is 41.5 Å². The molecule has 1 fully saturated rings. The first kappa shape index (κ1) is 25.9. The third-order valence-electron chi connectivity index (χ3n) is 6.23. The van der Waals surface area contributed by atoms with Gasteiger partial charge in [0.2, 0.25) is 0 Å². The van der Waals surface area contributed by atoms with Crippen LogP contribution in [0.3, 0.4) is 0 Å². The predicted octanol–water partition coefficient (Wildman–Crippen LogP) is 3.81. The lowest BCUT2D eigenvalue weighted by Crippen LogP contribution is -2.48. The molecule has 3 heterocycles. The Balaban J connectivity index is 1.54. The third-order valence-corrected chi connectivity index (χ3v) is 6.23. The molecule has 38 heavy (non-hydrogen) atoms. The summed E-state index contributed by atoms with van der Waals surface area (Å²) >= 11 is 0. The molecule has 3 N–H and O–H groups in total. The zero-order chi connectivity index (χ0) is 27.2. The van der Waals surface area contributed by atoms with E-state index in [9.17, 15) is 4.79 Å². The summed E-state index contributed by atoms with van der Waals surface area (Å²) in [5, 5.41) is 0. The van der Waals surface area contributed by atoms with Gasteiger partial charge in [0.25, 0.3) is 0 Å². The Labute approximate surface area is 218 Å². The number of hydrogen-bond donors (Lipinski definition) is 2. The van der Waals surface area contributed by atoms with E-state index in [-0.39, 0.29) is 48.4 Å². The van der Waals surface area contributed by atoms with E-state index < -0.39 is 29.4 Å². The van der Waals surface area contributed by atoms with Crippen molar-refractivity contribution >= 4 is 28.6 Å². The van der Waals surface area contributed by atoms with E-state index in [0.717, 1.165) is 11.6 Å². The molecule has 3 aromatic rings. The molecule has 2 aromatic carbocycles. The quantitative estimate of drug-likeness (QED) is 0.392. The normalized spacial score (nSPS) is 17.6. The van der Waals surface area contributed by atoms with Crippen LogP contribution in [0.4, 0.5) is 19.3 Å². The summed E-state index contributed by atoms with van der Waals surface area (Å²) in [4.78, 5) is 23.0. The average molecular weight is 529 g/mol. The van der Waals surface area contributed by atoms with Crippen LogP contribution in [-0.4, -0.2) is 64.4 Å². The molecule has 202 valence electrons. The van der Waals surface area contributed by atoms with Gasteiger partial charge in [-0.15, -0.1) is 0 Å². The smallest absolute Gasteiger partial charge is 0.410 e. The first-order chi connectivity index (χ1) is 18.0. The lowest BCUT2D eigenvalue weighted by molar-refractivity contribution is -0.0468. The summed E-state index contributed by atoms with van der Waals surface area (Å²) in [6.07, 6.45) is -0.899. The third kappa shape index (κ3) is 5.01. The van der Waals surface area contributed by atoms with Crippen molar-refractivity contribution in [2.24, 2.45) is 10.8 Å². The molecule has 0 radical (unpaired) electrons. The maximum Gasteiger partial charge on any atom is 0.410 e. The highest BCUT2D eigenvalue weighted by molar-refractivity contribution is 5.89. The molecular weight excluding hydrogens is 498 g/mol. The molecule has 1 saturated heterocycles. The van der Waals surface area contributed by atoms with Crippen molar-refractivity contribution in [3.8, 4) is 17.1 Å². The number of rotatable bonds is 3. The number of nitrogens with two attached hydrogens (primary N) is 1. The second kappa shape index (κ2) is 9.84. The number of carbonyl (C=O) groups excluding carboxylic acids is 1. The van der Waals surface area contributed by atoms with Gasteiger partial charge in [0, 0.05) is 12.6 Å². The van der Waals surface area contributed by atoms with Crippen LogP contribution >= 0.6 is 0 Å². The van der Waals surface area contributed by atoms with Gasteiger partial charge in [0.15, 0.2) is 17.4 Å². The van der Waals surface area contributed by atoms with Crippen LogP contribution < -0.4 is 16.0 Å². The Morgan fingerprint density at radius 1 is 1.29 bits per heavy atom. The molecule has 12 heteroatoms. The topological polar surface area (TPSA) is 116 Å².